The van der Waals surface area contributed by atoms with Crippen LogP contribution in [-0.4, -0.2) is 55.4 Å². The van der Waals surface area contributed by atoms with Crippen LogP contribution in [0.2, 0.25) is 0 Å². The number of phenolic OH excluding ortho intramolecular Hbond substituents is 1. The number of benzene rings is 1. The van der Waals surface area contributed by atoms with E-state index in [0.29, 0.717) is 22.3 Å². The number of phenols is 1. The van der Waals surface area contributed by atoms with E-state index in [9.17, 15) is 24.3 Å². The lowest BCUT2D eigenvalue weighted by molar-refractivity contribution is -0.204. The number of carbonyl (C=O) groups excluding carboxylic acids is 4. The van der Waals surface area contributed by atoms with Crippen molar-refractivity contribution in [1.82, 2.24) is 0 Å². The van der Waals surface area contributed by atoms with Gasteiger partial charge >= 0.3 is 23.9 Å². The van der Waals surface area contributed by atoms with E-state index in [2.05, 4.69) is 0 Å². The molecule has 0 spiro atoms. The monoisotopic (exact) mass is 464 g/mol. The fourth-order valence-corrected chi connectivity index (χ4v) is 4.51. The summed E-state index contributed by atoms with van der Waals surface area (Å²) in [7, 11) is 0. The normalized spacial score (nSPS) is 15.7. The second-order valence-corrected chi connectivity index (χ2v) is 7.84. The minimum Gasteiger partial charge on any atom is -0.508 e. The lowest BCUT2D eigenvalue weighted by Gasteiger charge is -2.46. The first-order chi connectivity index (χ1) is 15.6. The summed E-state index contributed by atoms with van der Waals surface area (Å²) in [5.41, 5.74) is -2.75. The first-order valence-electron chi connectivity index (χ1n) is 11.1. The Labute approximate surface area is 193 Å². The number of fused-ring (bicyclic) bond motifs is 1. The van der Waals surface area contributed by atoms with Gasteiger partial charge in [-0.05, 0) is 69.9 Å². The molecule has 0 saturated carbocycles. The van der Waals surface area contributed by atoms with E-state index in [1.165, 1.54) is 6.07 Å². The van der Waals surface area contributed by atoms with Crippen molar-refractivity contribution in [2.24, 2.45) is 10.8 Å². The first kappa shape index (κ1) is 26.2. The van der Waals surface area contributed by atoms with Gasteiger partial charge in [0.1, 0.15) is 5.75 Å². The Morgan fingerprint density at radius 1 is 0.727 bits per heavy atom. The lowest BCUT2D eigenvalue weighted by atomic mass is 9.53. The molecule has 0 bridgehead atoms. The van der Waals surface area contributed by atoms with Gasteiger partial charge in [-0.25, -0.2) is 0 Å². The smallest absolute Gasteiger partial charge is 0.325 e. The highest BCUT2D eigenvalue weighted by molar-refractivity contribution is 6.15. The van der Waals surface area contributed by atoms with Crippen LogP contribution in [0.15, 0.2) is 6.07 Å². The molecule has 9 heteroatoms. The Balaban J connectivity index is 3.05. The number of ether oxygens (including phenoxy) is 4. The highest BCUT2D eigenvalue weighted by Crippen LogP contribution is 2.54. The van der Waals surface area contributed by atoms with Gasteiger partial charge in [0.2, 0.25) is 0 Å². The van der Waals surface area contributed by atoms with Crippen molar-refractivity contribution in [2.45, 2.75) is 54.4 Å². The number of rotatable bonds is 8. The van der Waals surface area contributed by atoms with Crippen LogP contribution in [0, 0.1) is 24.7 Å². The molecule has 1 aliphatic carbocycles. The molecule has 9 nitrogen and oxygen atoms in total. The van der Waals surface area contributed by atoms with Gasteiger partial charge in [-0.2, -0.15) is 0 Å². The molecule has 0 amide bonds. The number of esters is 4. The van der Waals surface area contributed by atoms with Gasteiger partial charge in [0.05, 0.1) is 26.4 Å². The summed E-state index contributed by atoms with van der Waals surface area (Å²) in [5, 5.41) is 10.4. The molecular formula is C24H32O9. The summed E-state index contributed by atoms with van der Waals surface area (Å²) in [6, 6.07) is 1.51. The molecule has 0 fully saturated rings. The molecule has 0 heterocycles. The van der Waals surface area contributed by atoms with Gasteiger partial charge in [0, 0.05) is 12.8 Å². The van der Waals surface area contributed by atoms with Crippen LogP contribution >= 0.6 is 0 Å². The zero-order valence-corrected chi connectivity index (χ0v) is 20.0. The highest BCUT2D eigenvalue weighted by atomic mass is 16.6. The fraction of sp³-hybridized carbons (Fsp3) is 0.583. The molecule has 0 radical (unpaired) electrons. The minimum atomic E-state index is -2.41. The van der Waals surface area contributed by atoms with Crippen molar-refractivity contribution in [3.05, 3.63) is 28.3 Å². The minimum absolute atomic E-state index is 0.0346. The molecule has 0 aliphatic heterocycles. The third-order valence-electron chi connectivity index (χ3n) is 6.14. The van der Waals surface area contributed by atoms with Crippen molar-refractivity contribution < 1.29 is 43.2 Å². The number of carbonyl (C=O) groups is 4. The molecule has 0 unspecified atom stereocenters. The molecule has 1 aromatic rings. The summed E-state index contributed by atoms with van der Waals surface area (Å²) < 4.78 is 21.1. The predicted molar refractivity (Wildman–Crippen MR) is 116 cm³/mol. The first-order valence-corrected chi connectivity index (χ1v) is 11.1. The zero-order chi connectivity index (χ0) is 25.0. The van der Waals surface area contributed by atoms with Gasteiger partial charge in [-0.1, -0.05) is 0 Å². The maximum absolute atomic E-state index is 13.6. The lowest BCUT2D eigenvalue weighted by Crippen LogP contribution is -2.66. The summed E-state index contributed by atoms with van der Waals surface area (Å²) in [6.07, 6.45) is -0.761. The standard InChI is InChI=1S/C24H32O9/c1-7-30-19(26)23(20(27)31-8-2)12-16-14(5)11-18(25)15(6)17(16)13-24(23,21(28)32-9-3)22(29)33-10-4/h11,25H,7-10,12-13H2,1-6H3. The van der Waals surface area contributed by atoms with Crippen LogP contribution in [0.5, 0.6) is 5.75 Å². The molecule has 1 aromatic carbocycles. The fourth-order valence-electron chi connectivity index (χ4n) is 4.51. The molecule has 2 rings (SSSR count). The number of hydrogen-bond acceptors (Lipinski definition) is 9. The third kappa shape index (κ3) is 4.05. The second kappa shape index (κ2) is 10.2. The SMILES string of the molecule is CCOC(=O)C1(C(=O)OCC)Cc2c(C)cc(O)c(C)c2CC1(C(=O)OCC)C(=O)OCC. The van der Waals surface area contributed by atoms with E-state index < -0.39 is 41.1 Å². The molecular weight excluding hydrogens is 432 g/mol. The number of aromatic hydroxyl groups is 1. The average Bonchev–Trinajstić information content (AvgIpc) is 2.77. The summed E-state index contributed by atoms with van der Waals surface area (Å²) in [4.78, 5) is 54.2. The van der Waals surface area contributed by atoms with Gasteiger partial charge in [0.15, 0.2) is 10.8 Å². The summed E-state index contributed by atoms with van der Waals surface area (Å²) >= 11 is 0. The molecule has 1 aliphatic rings. The Morgan fingerprint density at radius 2 is 1.06 bits per heavy atom. The molecule has 0 saturated heterocycles. The van der Waals surface area contributed by atoms with Gasteiger partial charge < -0.3 is 24.1 Å². The van der Waals surface area contributed by atoms with Crippen molar-refractivity contribution in [2.75, 3.05) is 26.4 Å². The molecule has 0 atom stereocenters. The zero-order valence-electron chi connectivity index (χ0n) is 20.0. The second-order valence-electron chi connectivity index (χ2n) is 7.84. The third-order valence-corrected chi connectivity index (χ3v) is 6.14. The van der Waals surface area contributed by atoms with E-state index >= 15 is 0 Å². The Kier molecular flexibility index (Phi) is 8.11. The van der Waals surface area contributed by atoms with Crippen LogP contribution in [-0.2, 0) is 51.0 Å². The number of hydrogen-bond donors (Lipinski definition) is 1. The highest BCUT2D eigenvalue weighted by Gasteiger charge is 2.75. The van der Waals surface area contributed by atoms with E-state index in [4.69, 9.17) is 18.9 Å². The van der Waals surface area contributed by atoms with Gasteiger partial charge in [-0.15, -0.1) is 0 Å². The maximum atomic E-state index is 13.6. The van der Waals surface area contributed by atoms with Crippen LogP contribution in [0.3, 0.4) is 0 Å². The Morgan fingerprint density at radius 3 is 1.39 bits per heavy atom. The van der Waals surface area contributed by atoms with E-state index in [1.54, 1.807) is 41.5 Å². The number of aryl methyl sites for hydroxylation is 1. The van der Waals surface area contributed by atoms with E-state index in [1.807, 2.05) is 0 Å². The van der Waals surface area contributed by atoms with E-state index in [0.717, 1.165) is 0 Å². The van der Waals surface area contributed by atoms with Gasteiger partial charge in [-0.3, -0.25) is 19.2 Å². The summed E-state index contributed by atoms with van der Waals surface area (Å²) in [5.74, 6) is -4.35. The summed E-state index contributed by atoms with van der Waals surface area (Å²) in [6.45, 7) is 9.14. The van der Waals surface area contributed by atoms with Crippen LogP contribution in [0.25, 0.3) is 0 Å². The van der Waals surface area contributed by atoms with Crippen molar-refractivity contribution in [3.8, 4) is 5.75 Å². The van der Waals surface area contributed by atoms with Crippen LogP contribution in [0.4, 0.5) is 0 Å². The maximum Gasteiger partial charge on any atom is 0.325 e. The molecule has 0 aromatic heterocycles. The van der Waals surface area contributed by atoms with E-state index in [-0.39, 0.29) is 38.6 Å². The van der Waals surface area contributed by atoms with Crippen LogP contribution < -0.4 is 0 Å². The predicted octanol–water partition coefficient (Wildman–Crippen LogP) is 2.33. The average molecular weight is 465 g/mol. The quantitative estimate of drug-likeness (QED) is 0.350. The van der Waals surface area contributed by atoms with Crippen molar-refractivity contribution in [3.63, 3.8) is 0 Å². The van der Waals surface area contributed by atoms with Gasteiger partial charge in [0.25, 0.3) is 0 Å². The topological polar surface area (TPSA) is 125 Å². The molecule has 182 valence electrons. The van der Waals surface area contributed by atoms with Crippen LogP contribution in [0.1, 0.15) is 49.9 Å². The largest absolute Gasteiger partial charge is 0.508 e. The molecule has 1 N–H and O–H groups in total. The Hall–Kier alpha value is -3.10. The Bertz CT molecular complexity index is 912. The van der Waals surface area contributed by atoms with Crippen molar-refractivity contribution in [1.29, 1.82) is 0 Å². The molecule has 33 heavy (non-hydrogen) atoms. The van der Waals surface area contributed by atoms with Crippen molar-refractivity contribution >= 4 is 23.9 Å².